The van der Waals surface area contributed by atoms with E-state index in [0.29, 0.717) is 5.56 Å². The molecule has 0 heterocycles. The van der Waals surface area contributed by atoms with Crippen molar-refractivity contribution in [3.8, 4) is 11.1 Å². The van der Waals surface area contributed by atoms with Crippen molar-refractivity contribution >= 4 is 45.1 Å². The molecule has 5 heteroatoms. The van der Waals surface area contributed by atoms with Crippen molar-refractivity contribution in [3.05, 3.63) is 113 Å². The number of rotatable bonds is 5. The van der Waals surface area contributed by atoms with Crippen LogP contribution < -0.4 is 32.9 Å². The zero-order valence-corrected chi connectivity index (χ0v) is 21.9. The van der Waals surface area contributed by atoms with Gasteiger partial charge >= 0.3 is 5.97 Å². The average molecular weight is 570 g/mol. The van der Waals surface area contributed by atoms with Crippen LogP contribution in [0, 0.1) is 0 Å². The van der Waals surface area contributed by atoms with Crippen LogP contribution in [0.1, 0.15) is 10.4 Å². The Morgan fingerprint density at radius 1 is 0.719 bits per heavy atom. The van der Waals surface area contributed by atoms with Gasteiger partial charge in [-0.25, -0.2) is 4.79 Å². The summed E-state index contributed by atoms with van der Waals surface area (Å²) in [6.45, 7) is 2.37. The lowest BCUT2D eigenvalue weighted by molar-refractivity contribution is -0.0000205. The van der Waals surface area contributed by atoms with Crippen LogP contribution in [0.25, 0.3) is 11.1 Å². The van der Waals surface area contributed by atoms with Crippen molar-refractivity contribution in [1.29, 1.82) is 0 Å². The lowest BCUT2D eigenvalue weighted by atomic mass is 10.0. The fourth-order valence-corrected chi connectivity index (χ4v) is 8.07. The second-order valence-electron chi connectivity index (χ2n) is 7.35. The highest BCUT2D eigenvalue weighted by Crippen LogP contribution is 2.53. The predicted octanol–water partition coefficient (Wildman–Crippen LogP) is 2.83. The van der Waals surface area contributed by atoms with Gasteiger partial charge in [0, 0.05) is 15.6 Å². The lowest BCUT2D eigenvalue weighted by Gasteiger charge is -2.26. The van der Waals surface area contributed by atoms with E-state index in [1.54, 1.807) is 6.07 Å². The molecule has 4 aromatic carbocycles. The number of benzene rings is 4. The summed E-state index contributed by atoms with van der Waals surface area (Å²) in [6, 6.07) is 35.7. The first-order valence-electron chi connectivity index (χ1n) is 10.0. The Labute approximate surface area is 208 Å². The molecule has 4 aromatic rings. The first-order valence-corrected chi connectivity index (χ1v) is 13.0. The average Bonchev–Trinajstić information content (AvgIpc) is 2.84. The number of ether oxygens (including phenoxy) is 1. The Bertz CT molecular complexity index is 1170. The Morgan fingerprint density at radius 2 is 1.22 bits per heavy atom. The van der Waals surface area contributed by atoms with Crippen molar-refractivity contribution in [1.82, 2.24) is 0 Å². The van der Waals surface area contributed by atoms with Gasteiger partial charge in [0.25, 0.3) is 0 Å². The van der Waals surface area contributed by atoms with E-state index in [4.69, 9.17) is 4.74 Å². The molecule has 0 saturated heterocycles. The number of methoxy groups -OCH3 is 1. The number of carbonyl (C=O) groups excluding carboxylic acids is 1. The van der Waals surface area contributed by atoms with E-state index in [9.17, 15) is 4.79 Å². The number of halogens is 2. The van der Waals surface area contributed by atoms with Crippen molar-refractivity contribution in [2.75, 3.05) is 13.8 Å². The number of esters is 1. The molecule has 0 aliphatic heterocycles. The predicted molar refractivity (Wildman–Crippen MR) is 136 cm³/mol. The highest BCUT2D eigenvalue weighted by atomic mass is 79.9. The normalized spacial score (nSPS) is 10.8. The van der Waals surface area contributed by atoms with Gasteiger partial charge in [-0.05, 0) is 52.3 Å². The molecular weight excluding hydrogens is 547 g/mol. The maximum absolute atomic E-state index is 12.3. The molecule has 0 atom stereocenters. The topological polar surface area (TPSA) is 26.3 Å². The molecule has 162 valence electrons. The van der Waals surface area contributed by atoms with Gasteiger partial charge in [0.05, 0.1) is 19.3 Å². The third-order valence-corrected chi connectivity index (χ3v) is 10.5. The molecule has 0 unspecified atom stereocenters. The highest BCUT2D eigenvalue weighted by molar-refractivity contribution is 9.10. The molecule has 0 spiro atoms. The third-order valence-electron chi connectivity index (χ3n) is 5.63. The fourth-order valence-electron chi connectivity index (χ4n) is 3.98. The molecule has 0 saturated carbocycles. The van der Waals surface area contributed by atoms with Gasteiger partial charge in [0.1, 0.15) is 23.2 Å². The molecule has 0 aliphatic carbocycles. The van der Waals surface area contributed by atoms with Crippen LogP contribution in [0.3, 0.4) is 0 Å². The largest absolute Gasteiger partial charge is 1.00 e. The monoisotopic (exact) mass is 568 g/mol. The summed E-state index contributed by atoms with van der Waals surface area (Å²) in [6.07, 6.45) is 0. The van der Waals surface area contributed by atoms with E-state index in [-0.39, 0.29) is 23.0 Å². The summed E-state index contributed by atoms with van der Waals surface area (Å²) < 4.78 is 5.73. The van der Waals surface area contributed by atoms with Gasteiger partial charge in [-0.3, -0.25) is 0 Å². The van der Waals surface area contributed by atoms with Crippen LogP contribution >= 0.6 is 23.2 Å². The van der Waals surface area contributed by atoms with Crippen LogP contribution in [0.2, 0.25) is 0 Å². The maximum Gasteiger partial charge on any atom is 0.339 e. The molecule has 0 bridgehead atoms. The van der Waals surface area contributed by atoms with Gasteiger partial charge in [0.2, 0.25) is 0 Å². The Hall–Kier alpha value is -2.26. The molecule has 0 aliphatic rings. The minimum atomic E-state index is -1.93. The third kappa shape index (κ3) is 4.45. The summed E-state index contributed by atoms with van der Waals surface area (Å²) in [5.41, 5.74) is 2.62. The Kier molecular flexibility index (Phi) is 8.05. The SMILES string of the molecule is COC(=O)c1cccc(-c2ccccc2[P+](C)(c2ccccc2)c2ccccc2)c1Br.[Br-]. The van der Waals surface area contributed by atoms with Crippen LogP contribution in [0.4, 0.5) is 0 Å². The van der Waals surface area contributed by atoms with Crippen molar-refractivity contribution < 1.29 is 26.5 Å². The molecule has 0 aromatic heterocycles. The van der Waals surface area contributed by atoms with Crippen LogP contribution in [0.15, 0.2) is 108 Å². The quantitative estimate of drug-likeness (QED) is 0.273. The van der Waals surface area contributed by atoms with E-state index in [2.05, 4.69) is 114 Å². The summed E-state index contributed by atoms with van der Waals surface area (Å²) in [7, 11) is -0.527. The van der Waals surface area contributed by atoms with E-state index in [1.165, 1.54) is 23.0 Å². The standard InChI is InChI=1S/C27H23BrO2P.BrH/c1-30-27(29)24-18-11-17-23(26(24)28)22-16-9-10-19-25(22)31(2,20-12-5-3-6-13-20)21-14-7-4-8-15-21;/h3-19H,1-2H3;1H/q+1;/p-1. The molecule has 0 radical (unpaired) electrons. The molecule has 0 fully saturated rings. The number of carbonyl (C=O) groups is 1. The smallest absolute Gasteiger partial charge is 0.339 e. The molecule has 0 amide bonds. The van der Waals surface area contributed by atoms with E-state index < -0.39 is 7.26 Å². The van der Waals surface area contributed by atoms with Crippen LogP contribution in [-0.4, -0.2) is 19.7 Å². The zero-order chi connectivity index (χ0) is 21.8. The summed E-state index contributed by atoms with van der Waals surface area (Å²) in [5.74, 6) is -0.352. The Balaban J connectivity index is 0.00000289. The van der Waals surface area contributed by atoms with Gasteiger partial charge in [-0.1, -0.05) is 66.7 Å². The minimum Gasteiger partial charge on any atom is -1.00 e. The molecular formula is C27H23Br2O2P. The van der Waals surface area contributed by atoms with Gasteiger partial charge < -0.3 is 21.7 Å². The van der Waals surface area contributed by atoms with Crippen LogP contribution in [-0.2, 0) is 4.74 Å². The second-order valence-corrected chi connectivity index (χ2v) is 11.7. The van der Waals surface area contributed by atoms with Gasteiger partial charge in [-0.2, -0.15) is 0 Å². The highest BCUT2D eigenvalue weighted by Gasteiger charge is 2.42. The van der Waals surface area contributed by atoms with Crippen LogP contribution in [0.5, 0.6) is 0 Å². The molecule has 32 heavy (non-hydrogen) atoms. The summed E-state index contributed by atoms with van der Waals surface area (Å²) >= 11 is 3.68. The Morgan fingerprint density at radius 3 is 1.78 bits per heavy atom. The van der Waals surface area contributed by atoms with Crippen molar-refractivity contribution in [2.45, 2.75) is 0 Å². The van der Waals surface area contributed by atoms with Gasteiger partial charge in [-0.15, -0.1) is 0 Å². The molecule has 0 N–H and O–H groups in total. The zero-order valence-electron chi connectivity index (χ0n) is 17.8. The lowest BCUT2D eigenvalue weighted by Crippen LogP contribution is -3.00. The van der Waals surface area contributed by atoms with E-state index in [1.807, 2.05) is 6.07 Å². The summed E-state index contributed by atoms with van der Waals surface area (Å²) in [5, 5.41) is 3.90. The fraction of sp³-hybridized carbons (Fsp3) is 0.0741. The second kappa shape index (κ2) is 10.6. The molecule has 4 rings (SSSR count). The first kappa shape index (κ1) is 24.4. The number of hydrogen-bond acceptors (Lipinski definition) is 2. The minimum absolute atomic E-state index is 0. The summed E-state index contributed by atoms with van der Waals surface area (Å²) in [4.78, 5) is 12.3. The van der Waals surface area contributed by atoms with Crippen molar-refractivity contribution in [3.63, 3.8) is 0 Å². The molecule has 2 nitrogen and oxygen atoms in total. The first-order chi connectivity index (χ1) is 15.1. The van der Waals surface area contributed by atoms with Gasteiger partial charge in [0.15, 0.2) is 0 Å². The van der Waals surface area contributed by atoms with E-state index >= 15 is 0 Å². The number of hydrogen-bond donors (Lipinski definition) is 0. The maximum atomic E-state index is 12.3. The van der Waals surface area contributed by atoms with Crippen molar-refractivity contribution in [2.24, 2.45) is 0 Å². The van der Waals surface area contributed by atoms with E-state index in [0.717, 1.165) is 15.6 Å².